The number of halogens is 1. The van der Waals surface area contributed by atoms with Gasteiger partial charge in [0.15, 0.2) is 0 Å². The number of para-hydroxylation sites is 1. The molecule has 7 N–H and O–H groups in total. The lowest BCUT2D eigenvalue weighted by molar-refractivity contribution is -0.125. The number of nitrogens with two attached hydrogens (primary N) is 2. The van der Waals surface area contributed by atoms with Crippen molar-refractivity contribution in [1.82, 2.24) is 9.88 Å². The van der Waals surface area contributed by atoms with Gasteiger partial charge in [0.2, 0.25) is 5.91 Å². The summed E-state index contributed by atoms with van der Waals surface area (Å²) in [5.74, 6) is 0.691. The summed E-state index contributed by atoms with van der Waals surface area (Å²) < 4.78 is 0.825. The van der Waals surface area contributed by atoms with Crippen LogP contribution >= 0.6 is 15.9 Å². The number of aliphatic hydroxyl groups excluding tert-OH is 1. The minimum Gasteiger partial charge on any atom is -0.507 e. The van der Waals surface area contributed by atoms with E-state index in [0.717, 1.165) is 29.3 Å². The average Bonchev–Trinajstić information content (AvgIpc) is 3.29. The first-order valence-corrected chi connectivity index (χ1v) is 9.50. The monoisotopic (exact) mass is 448 g/mol. The molecular formula is C20H25BrN4O3. The number of likely N-dealkylation sites (tertiary alicyclic amines) is 1. The Bertz CT molecular complexity index is 892. The molecule has 2 aromatic rings. The van der Waals surface area contributed by atoms with Gasteiger partial charge in [0.05, 0.1) is 0 Å². The maximum absolute atomic E-state index is 11.8. The molecule has 0 radical (unpaired) electrons. The molecule has 1 aromatic heterocycles. The fourth-order valence-corrected chi connectivity index (χ4v) is 3.98. The number of nitrogen functional groups attached to an aromatic ring is 1. The third kappa shape index (κ3) is 4.40. The van der Waals surface area contributed by atoms with E-state index in [1.807, 2.05) is 0 Å². The first-order valence-electron chi connectivity index (χ1n) is 8.70. The van der Waals surface area contributed by atoms with Crippen molar-refractivity contribution in [3.8, 4) is 5.75 Å². The Morgan fingerprint density at radius 3 is 2.71 bits per heavy atom. The Labute approximate surface area is 172 Å². The number of rotatable bonds is 4. The molecule has 1 aromatic carbocycles. The Morgan fingerprint density at radius 2 is 2.07 bits per heavy atom. The Hall–Kier alpha value is -2.71. The van der Waals surface area contributed by atoms with E-state index < -0.39 is 0 Å². The predicted molar refractivity (Wildman–Crippen MR) is 115 cm³/mol. The van der Waals surface area contributed by atoms with Gasteiger partial charge in [0, 0.05) is 53.1 Å². The smallest absolute Gasteiger partial charge is 0.245 e. The quantitative estimate of drug-likeness (QED) is 0.459. The van der Waals surface area contributed by atoms with Crippen LogP contribution in [0, 0.1) is 0 Å². The maximum Gasteiger partial charge on any atom is 0.245 e. The molecule has 1 atom stereocenters. The molecular weight excluding hydrogens is 424 g/mol. The molecule has 7 nitrogen and oxygen atoms in total. The van der Waals surface area contributed by atoms with Crippen molar-refractivity contribution in [1.29, 1.82) is 0 Å². The highest BCUT2D eigenvalue weighted by atomic mass is 79.9. The zero-order valence-electron chi connectivity index (χ0n) is 15.7. The van der Waals surface area contributed by atoms with Crippen molar-refractivity contribution in [2.75, 3.05) is 25.9 Å². The van der Waals surface area contributed by atoms with Crippen molar-refractivity contribution in [3.05, 3.63) is 58.2 Å². The van der Waals surface area contributed by atoms with Gasteiger partial charge >= 0.3 is 0 Å². The summed E-state index contributed by atoms with van der Waals surface area (Å²) in [6.45, 7) is 4.84. The highest BCUT2D eigenvalue weighted by Crippen LogP contribution is 2.38. The van der Waals surface area contributed by atoms with E-state index in [0.29, 0.717) is 30.2 Å². The van der Waals surface area contributed by atoms with Crippen LogP contribution in [0.25, 0.3) is 11.8 Å². The summed E-state index contributed by atoms with van der Waals surface area (Å²) in [6, 6.07) is 6.87. The predicted octanol–water partition coefficient (Wildman–Crippen LogP) is 2.63. The van der Waals surface area contributed by atoms with Crippen LogP contribution in [0.5, 0.6) is 5.75 Å². The number of carbonyl (C=O) groups is 1. The van der Waals surface area contributed by atoms with Gasteiger partial charge in [-0.25, -0.2) is 0 Å². The summed E-state index contributed by atoms with van der Waals surface area (Å²) in [4.78, 5) is 16.8. The average molecular weight is 449 g/mol. The normalized spacial score (nSPS) is 16.5. The topological polar surface area (TPSA) is 129 Å². The van der Waals surface area contributed by atoms with E-state index in [2.05, 4.69) is 27.5 Å². The van der Waals surface area contributed by atoms with Gasteiger partial charge in [-0.2, -0.15) is 0 Å². The van der Waals surface area contributed by atoms with Crippen molar-refractivity contribution < 1.29 is 15.0 Å². The SMILES string of the molecule is C=CC(=O)N1CC[C@H](c2[nH]c(N)c(/C=C(\N)c3ccccc3O)c2Br)C1.CO. The summed E-state index contributed by atoms with van der Waals surface area (Å²) in [5.41, 5.74) is 14.9. The number of aromatic hydroxyl groups is 1. The molecule has 0 saturated carbocycles. The second-order valence-electron chi connectivity index (χ2n) is 6.27. The first kappa shape index (κ1) is 21.6. The molecule has 0 unspecified atom stereocenters. The second-order valence-corrected chi connectivity index (χ2v) is 7.06. The van der Waals surface area contributed by atoms with Gasteiger partial charge in [-0.05, 0) is 46.6 Å². The van der Waals surface area contributed by atoms with Crippen molar-refractivity contribution >= 4 is 39.4 Å². The molecule has 150 valence electrons. The largest absolute Gasteiger partial charge is 0.507 e. The van der Waals surface area contributed by atoms with Crippen LogP contribution in [0.1, 0.15) is 29.2 Å². The summed E-state index contributed by atoms with van der Waals surface area (Å²) in [7, 11) is 1.00. The number of nitrogens with one attached hydrogen (secondary N) is 1. The number of phenols is 1. The molecule has 1 aliphatic heterocycles. The number of aromatic amines is 1. The van der Waals surface area contributed by atoms with E-state index in [-0.39, 0.29) is 17.6 Å². The van der Waals surface area contributed by atoms with Gasteiger partial charge < -0.3 is 31.6 Å². The number of phenolic OH excluding ortho intramolecular Hbond substituents is 1. The minimum absolute atomic E-state index is 0.0629. The van der Waals surface area contributed by atoms with E-state index >= 15 is 0 Å². The molecule has 0 aliphatic carbocycles. The summed E-state index contributed by atoms with van der Waals surface area (Å²) >= 11 is 3.61. The lowest BCUT2D eigenvalue weighted by atomic mass is 10.0. The number of amides is 1. The van der Waals surface area contributed by atoms with Crippen LogP contribution in [-0.4, -0.2) is 46.2 Å². The molecule has 8 heteroatoms. The van der Waals surface area contributed by atoms with Crippen LogP contribution < -0.4 is 11.5 Å². The fraction of sp³-hybridized carbons (Fsp3) is 0.250. The standard InChI is InChI=1S/C19H21BrN4O2.CH4O/c1-2-16(26)24-8-7-11(10-24)18-17(20)13(19(22)23-18)9-14(21)12-5-3-4-6-15(12)25;1-2/h2-6,9,11,23,25H,1,7-8,10,21-22H2;2H,1H3/b14-9-;/t11-;/m0./s1. The number of hydrogen-bond acceptors (Lipinski definition) is 5. The molecule has 3 rings (SSSR count). The van der Waals surface area contributed by atoms with E-state index in [1.165, 1.54) is 6.08 Å². The Balaban J connectivity index is 0.00000136. The number of aromatic nitrogens is 1. The number of anilines is 1. The number of aliphatic hydroxyl groups is 1. The number of H-pyrrole nitrogens is 1. The van der Waals surface area contributed by atoms with Gasteiger partial charge in [-0.1, -0.05) is 18.7 Å². The Morgan fingerprint density at radius 1 is 1.39 bits per heavy atom. The van der Waals surface area contributed by atoms with E-state index in [4.69, 9.17) is 16.6 Å². The highest BCUT2D eigenvalue weighted by molar-refractivity contribution is 9.10. The number of benzene rings is 1. The van der Waals surface area contributed by atoms with Gasteiger partial charge in [0.1, 0.15) is 11.6 Å². The fourth-order valence-electron chi connectivity index (χ4n) is 3.23. The molecule has 2 heterocycles. The number of carbonyl (C=O) groups excluding carboxylic acids is 1. The first-order chi connectivity index (χ1) is 13.4. The highest BCUT2D eigenvalue weighted by Gasteiger charge is 2.29. The molecule has 1 amide bonds. The van der Waals surface area contributed by atoms with Crippen molar-refractivity contribution in [2.45, 2.75) is 12.3 Å². The van der Waals surface area contributed by atoms with Gasteiger partial charge in [-0.15, -0.1) is 0 Å². The Kier molecular flexibility index (Phi) is 7.31. The van der Waals surface area contributed by atoms with Gasteiger partial charge in [-0.3, -0.25) is 4.79 Å². The molecule has 28 heavy (non-hydrogen) atoms. The van der Waals surface area contributed by atoms with Crippen molar-refractivity contribution in [3.63, 3.8) is 0 Å². The lowest BCUT2D eigenvalue weighted by Gasteiger charge is -2.14. The maximum atomic E-state index is 11.8. The van der Waals surface area contributed by atoms with E-state index in [9.17, 15) is 9.90 Å². The van der Waals surface area contributed by atoms with Crippen LogP contribution in [-0.2, 0) is 4.79 Å². The van der Waals surface area contributed by atoms with E-state index in [1.54, 1.807) is 35.2 Å². The summed E-state index contributed by atoms with van der Waals surface area (Å²) in [6.07, 6.45) is 3.91. The van der Waals surface area contributed by atoms with Crippen LogP contribution in [0.15, 0.2) is 41.4 Å². The summed E-state index contributed by atoms with van der Waals surface area (Å²) in [5, 5.41) is 17.0. The molecule has 0 spiro atoms. The molecule has 1 aliphatic rings. The second kappa shape index (κ2) is 9.48. The van der Waals surface area contributed by atoms with Crippen LogP contribution in [0.4, 0.5) is 5.82 Å². The van der Waals surface area contributed by atoms with Crippen LogP contribution in [0.3, 0.4) is 0 Å². The molecule has 0 bridgehead atoms. The zero-order chi connectivity index (χ0) is 20.8. The third-order valence-electron chi connectivity index (χ3n) is 4.63. The molecule has 1 saturated heterocycles. The minimum atomic E-state index is -0.0629. The third-order valence-corrected chi connectivity index (χ3v) is 5.48. The zero-order valence-corrected chi connectivity index (χ0v) is 17.2. The van der Waals surface area contributed by atoms with Crippen LogP contribution in [0.2, 0.25) is 0 Å². The number of nitrogens with zero attached hydrogens (tertiary/aromatic N) is 1. The van der Waals surface area contributed by atoms with Gasteiger partial charge in [0.25, 0.3) is 0 Å². The lowest BCUT2D eigenvalue weighted by Crippen LogP contribution is -2.26. The number of hydrogen-bond donors (Lipinski definition) is 5. The molecule has 1 fully saturated rings. The van der Waals surface area contributed by atoms with Crippen molar-refractivity contribution in [2.24, 2.45) is 5.73 Å².